The van der Waals surface area contributed by atoms with Crippen LogP contribution in [0.3, 0.4) is 0 Å². The van der Waals surface area contributed by atoms with Crippen LogP contribution < -0.4 is 5.32 Å². The normalized spacial score (nSPS) is 17.7. The number of carbonyl (C=O) groups excluding carboxylic acids is 2. The van der Waals surface area contributed by atoms with E-state index < -0.39 is 17.5 Å². The van der Waals surface area contributed by atoms with Crippen molar-refractivity contribution in [2.24, 2.45) is 11.8 Å². The molecule has 0 radical (unpaired) electrons. The van der Waals surface area contributed by atoms with Gasteiger partial charge >= 0.3 is 12.1 Å². The second kappa shape index (κ2) is 7.47. The second-order valence-corrected chi connectivity index (χ2v) is 6.63. The Labute approximate surface area is 131 Å². The molecule has 0 aromatic rings. The quantitative estimate of drug-likeness (QED) is 0.819. The smallest absolute Gasteiger partial charge is 0.410 e. The molecule has 1 saturated heterocycles. The summed E-state index contributed by atoms with van der Waals surface area (Å²) < 4.78 is 5.31. The number of hydrogen-bond donors (Lipinski definition) is 2. The number of rotatable bonds is 4. The fourth-order valence-corrected chi connectivity index (χ4v) is 2.57. The van der Waals surface area contributed by atoms with Gasteiger partial charge in [0, 0.05) is 26.6 Å². The van der Waals surface area contributed by atoms with Crippen molar-refractivity contribution in [2.45, 2.75) is 45.6 Å². The molecule has 1 fully saturated rings. The number of hydrogen-bond acceptors (Lipinski definition) is 4. The third-order valence-corrected chi connectivity index (χ3v) is 3.76. The highest BCUT2D eigenvalue weighted by Gasteiger charge is 2.34. The van der Waals surface area contributed by atoms with Crippen LogP contribution in [0.25, 0.3) is 0 Å². The van der Waals surface area contributed by atoms with Crippen LogP contribution in [-0.2, 0) is 14.3 Å². The lowest BCUT2D eigenvalue weighted by atomic mass is 9.82. The SMILES string of the molecule is CNC(=O)CC(C(=O)O)C1CCN(C(=O)OC(C)(C)C)CC1. The predicted molar refractivity (Wildman–Crippen MR) is 80.3 cm³/mol. The topological polar surface area (TPSA) is 95.9 Å². The minimum Gasteiger partial charge on any atom is -0.481 e. The molecule has 0 aliphatic carbocycles. The van der Waals surface area contributed by atoms with Crippen molar-refractivity contribution in [1.29, 1.82) is 0 Å². The standard InChI is InChI=1S/C15H26N2O5/c1-15(2,3)22-14(21)17-7-5-10(6-8-17)11(13(19)20)9-12(18)16-4/h10-11H,5-9H2,1-4H3,(H,16,18)(H,19,20). The molecule has 0 bridgehead atoms. The largest absolute Gasteiger partial charge is 0.481 e. The minimum atomic E-state index is -0.959. The monoisotopic (exact) mass is 314 g/mol. The average molecular weight is 314 g/mol. The number of piperidine rings is 1. The maximum atomic E-state index is 12.0. The molecule has 1 unspecified atom stereocenters. The molecule has 2 N–H and O–H groups in total. The van der Waals surface area contributed by atoms with Gasteiger partial charge in [-0.25, -0.2) is 4.79 Å². The summed E-state index contributed by atoms with van der Waals surface area (Å²) in [6.07, 6.45) is 0.729. The summed E-state index contributed by atoms with van der Waals surface area (Å²) in [7, 11) is 1.49. The van der Waals surface area contributed by atoms with Gasteiger partial charge in [0.1, 0.15) is 5.60 Å². The maximum absolute atomic E-state index is 12.0. The van der Waals surface area contributed by atoms with Gasteiger partial charge in [0.25, 0.3) is 0 Å². The van der Waals surface area contributed by atoms with E-state index in [9.17, 15) is 19.5 Å². The Bertz CT molecular complexity index is 422. The summed E-state index contributed by atoms with van der Waals surface area (Å²) in [6, 6.07) is 0. The Balaban J connectivity index is 2.57. The van der Waals surface area contributed by atoms with E-state index in [2.05, 4.69) is 5.32 Å². The molecule has 0 aromatic carbocycles. The molecule has 1 heterocycles. The van der Waals surface area contributed by atoms with Crippen molar-refractivity contribution >= 4 is 18.0 Å². The molecule has 1 aliphatic heterocycles. The summed E-state index contributed by atoms with van der Waals surface area (Å²) in [5.74, 6) is -2.05. The van der Waals surface area contributed by atoms with Gasteiger partial charge in [-0.05, 0) is 39.5 Å². The van der Waals surface area contributed by atoms with Crippen molar-refractivity contribution in [3.05, 3.63) is 0 Å². The van der Waals surface area contributed by atoms with E-state index >= 15 is 0 Å². The van der Waals surface area contributed by atoms with Gasteiger partial charge in [0.15, 0.2) is 0 Å². The lowest BCUT2D eigenvalue weighted by Gasteiger charge is -2.35. The lowest BCUT2D eigenvalue weighted by Crippen LogP contribution is -2.44. The predicted octanol–water partition coefficient (Wildman–Crippen LogP) is 1.47. The molecule has 1 aliphatic rings. The van der Waals surface area contributed by atoms with Crippen molar-refractivity contribution in [2.75, 3.05) is 20.1 Å². The number of ether oxygens (including phenoxy) is 1. The Morgan fingerprint density at radius 1 is 1.27 bits per heavy atom. The molecule has 7 nitrogen and oxygen atoms in total. The number of amides is 2. The van der Waals surface area contributed by atoms with Gasteiger partial charge in [0.05, 0.1) is 5.92 Å². The summed E-state index contributed by atoms with van der Waals surface area (Å²) in [5.41, 5.74) is -0.545. The summed E-state index contributed by atoms with van der Waals surface area (Å²) in [6.45, 7) is 6.33. The Morgan fingerprint density at radius 3 is 2.23 bits per heavy atom. The van der Waals surface area contributed by atoms with Crippen LogP contribution in [0.15, 0.2) is 0 Å². The van der Waals surface area contributed by atoms with Crippen LogP contribution in [0.2, 0.25) is 0 Å². The number of carboxylic acids is 1. The van der Waals surface area contributed by atoms with Gasteiger partial charge in [0.2, 0.25) is 5.91 Å². The molecular weight excluding hydrogens is 288 g/mol. The van der Waals surface area contributed by atoms with Gasteiger partial charge in [-0.3, -0.25) is 9.59 Å². The van der Waals surface area contributed by atoms with Crippen LogP contribution in [-0.4, -0.2) is 53.7 Å². The summed E-state index contributed by atoms with van der Waals surface area (Å²) in [4.78, 5) is 36.4. The highest BCUT2D eigenvalue weighted by Crippen LogP contribution is 2.28. The number of carboxylic acid groups (broad SMARTS) is 1. The first-order valence-electron chi connectivity index (χ1n) is 7.55. The fraction of sp³-hybridized carbons (Fsp3) is 0.800. The molecule has 2 amide bonds. The minimum absolute atomic E-state index is 0.0249. The first-order valence-corrected chi connectivity index (χ1v) is 7.55. The Hall–Kier alpha value is -1.79. The van der Waals surface area contributed by atoms with Crippen LogP contribution in [0.1, 0.15) is 40.0 Å². The van der Waals surface area contributed by atoms with E-state index in [1.807, 2.05) is 20.8 Å². The van der Waals surface area contributed by atoms with Crippen LogP contribution in [0, 0.1) is 11.8 Å². The van der Waals surface area contributed by atoms with Crippen LogP contribution >= 0.6 is 0 Å². The van der Waals surface area contributed by atoms with E-state index in [0.29, 0.717) is 25.9 Å². The highest BCUT2D eigenvalue weighted by molar-refractivity contribution is 5.82. The Kier molecular flexibility index (Phi) is 6.20. The number of nitrogens with one attached hydrogen (secondary N) is 1. The van der Waals surface area contributed by atoms with Gasteiger partial charge < -0.3 is 20.1 Å². The molecule has 7 heteroatoms. The molecular formula is C15H26N2O5. The van der Waals surface area contributed by atoms with E-state index in [4.69, 9.17) is 4.74 Å². The summed E-state index contributed by atoms with van der Waals surface area (Å²) in [5, 5.41) is 11.8. The lowest BCUT2D eigenvalue weighted by molar-refractivity contribution is -0.146. The first kappa shape index (κ1) is 18.3. The zero-order chi connectivity index (χ0) is 16.9. The Morgan fingerprint density at radius 2 is 1.82 bits per heavy atom. The van der Waals surface area contributed by atoms with Crippen molar-refractivity contribution < 1.29 is 24.2 Å². The van der Waals surface area contributed by atoms with Gasteiger partial charge in [-0.15, -0.1) is 0 Å². The molecule has 1 rings (SSSR count). The number of likely N-dealkylation sites (tertiary alicyclic amines) is 1. The molecule has 22 heavy (non-hydrogen) atoms. The number of carbonyl (C=O) groups is 3. The average Bonchev–Trinajstić information content (AvgIpc) is 2.42. The molecule has 0 aromatic heterocycles. The molecule has 126 valence electrons. The van der Waals surface area contributed by atoms with E-state index in [0.717, 1.165) is 0 Å². The third kappa shape index (κ3) is 5.54. The van der Waals surface area contributed by atoms with Crippen molar-refractivity contribution in [1.82, 2.24) is 10.2 Å². The molecule has 0 spiro atoms. The van der Waals surface area contributed by atoms with Crippen molar-refractivity contribution in [3.63, 3.8) is 0 Å². The van der Waals surface area contributed by atoms with Crippen LogP contribution in [0.4, 0.5) is 4.79 Å². The van der Waals surface area contributed by atoms with Crippen molar-refractivity contribution in [3.8, 4) is 0 Å². The zero-order valence-electron chi connectivity index (χ0n) is 13.7. The zero-order valence-corrected chi connectivity index (χ0v) is 13.7. The second-order valence-electron chi connectivity index (χ2n) is 6.63. The van der Waals surface area contributed by atoms with E-state index in [1.165, 1.54) is 7.05 Å². The van der Waals surface area contributed by atoms with E-state index in [1.54, 1.807) is 4.90 Å². The highest BCUT2D eigenvalue weighted by atomic mass is 16.6. The summed E-state index contributed by atoms with van der Waals surface area (Å²) >= 11 is 0. The fourth-order valence-electron chi connectivity index (χ4n) is 2.57. The van der Waals surface area contributed by atoms with Gasteiger partial charge in [-0.2, -0.15) is 0 Å². The third-order valence-electron chi connectivity index (χ3n) is 3.76. The number of aliphatic carboxylic acids is 1. The van der Waals surface area contributed by atoms with Crippen LogP contribution in [0.5, 0.6) is 0 Å². The van der Waals surface area contributed by atoms with E-state index in [-0.39, 0.29) is 24.3 Å². The molecule has 0 saturated carbocycles. The first-order chi connectivity index (χ1) is 10.1. The number of nitrogens with zero attached hydrogens (tertiary/aromatic N) is 1. The van der Waals surface area contributed by atoms with Gasteiger partial charge in [-0.1, -0.05) is 0 Å². The molecule has 1 atom stereocenters. The maximum Gasteiger partial charge on any atom is 0.410 e.